The van der Waals surface area contributed by atoms with Crippen molar-refractivity contribution < 1.29 is 0 Å². The molecule has 126 valence electrons. The molecule has 3 aromatic rings. The molecule has 5 rings (SSSR count). The second-order valence-electron chi connectivity index (χ2n) is 7.12. The highest BCUT2D eigenvalue weighted by molar-refractivity contribution is 5.92. The summed E-state index contributed by atoms with van der Waals surface area (Å²) in [6, 6.07) is 12.2. The lowest BCUT2D eigenvalue weighted by Gasteiger charge is -2.40. The van der Waals surface area contributed by atoms with Crippen LogP contribution >= 0.6 is 0 Å². The standard InChI is InChI=1S/C20H20N4O/c25-19-10-16-5-3-7-18(16)22-24(19)13-14-11-23(12-14)20-17-6-2-1-4-15(17)8-9-21-20/h1-2,4,6,8-10,14H,3,5,7,11-13H2. The van der Waals surface area contributed by atoms with Crippen LogP contribution in [0, 0.1) is 5.92 Å². The van der Waals surface area contributed by atoms with E-state index in [2.05, 4.69) is 39.2 Å². The minimum Gasteiger partial charge on any atom is -0.355 e. The second-order valence-corrected chi connectivity index (χ2v) is 7.12. The third kappa shape index (κ3) is 2.51. The summed E-state index contributed by atoms with van der Waals surface area (Å²) < 4.78 is 1.67. The average molecular weight is 332 g/mol. The molecule has 0 amide bonds. The van der Waals surface area contributed by atoms with Crippen LogP contribution in [0.4, 0.5) is 5.82 Å². The highest BCUT2D eigenvalue weighted by Crippen LogP contribution is 2.30. The largest absolute Gasteiger partial charge is 0.355 e. The molecule has 1 aliphatic carbocycles. The number of rotatable bonds is 3. The van der Waals surface area contributed by atoms with E-state index in [1.165, 1.54) is 10.8 Å². The lowest BCUT2D eigenvalue weighted by Crippen LogP contribution is -2.50. The van der Waals surface area contributed by atoms with E-state index in [1.54, 1.807) is 10.7 Å². The van der Waals surface area contributed by atoms with Gasteiger partial charge in [0.25, 0.3) is 5.56 Å². The highest BCUT2D eigenvalue weighted by Gasteiger charge is 2.30. The number of hydrogen-bond acceptors (Lipinski definition) is 4. The normalized spacial score (nSPS) is 16.9. The van der Waals surface area contributed by atoms with Crippen LogP contribution in [0.1, 0.15) is 17.7 Å². The van der Waals surface area contributed by atoms with Crippen LogP contribution in [0.2, 0.25) is 0 Å². The van der Waals surface area contributed by atoms with Crippen LogP contribution in [0.25, 0.3) is 10.8 Å². The second kappa shape index (κ2) is 5.69. The molecule has 1 aromatic carbocycles. The van der Waals surface area contributed by atoms with Crippen molar-refractivity contribution >= 4 is 16.6 Å². The summed E-state index contributed by atoms with van der Waals surface area (Å²) in [6.07, 6.45) is 5.00. The topological polar surface area (TPSA) is 51.0 Å². The molecule has 0 spiro atoms. The van der Waals surface area contributed by atoms with E-state index in [0.29, 0.717) is 12.5 Å². The summed E-state index contributed by atoms with van der Waals surface area (Å²) in [4.78, 5) is 19.1. The molecule has 3 heterocycles. The van der Waals surface area contributed by atoms with Crippen LogP contribution in [0.5, 0.6) is 0 Å². The maximum absolute atomic E-state index is 12.3. The van der Waals surface area contributed by atoms with Gasteiger partial charge in [0, 0.05) is 36.7 Å². The lowest BCUT2D eigenvalue weighted by atomic mass is 9.99. The van der Waals surface area contributed by atoms with E-state index in [9.17, 15) is 4.79 Å². The van der Waals surface area contributed by atoms with E-state index in [0.717, 1.165) is 49.4 Å². The molecule has 0 atom stereocenters. The highest BCUT2D eigenvalue weighted by atomic mass is 16.1. The zero-order chi connectivity index (χ0) is 16.8. The van der Waals surface area contributed by atoms with Gasteiger partial charge in [0.15, 0.2) is 0 Å². The monoisotopic (exact) mass is 332 g/mol. The summed E-state index contributed by atoms with van der Waals surface area (Å²) in [5, 5.41) is 7.00. The van der Waals surface area contributed by atoms with E-state index >= 15 is 0 Å². The van der Waals surface area contributed by atoms with Gasteiger partial charge < -0.3 is 4.90 Å². The Kier molecular flexibility index (Phi) is 3.33. The Morgan fingerprint density at radius 1 is 1.12 bits per heavy atom. The third-order valence-electron chi connectivity index (χ3n) is 5.36. The van der Waals surface area contributed by atoms with E-state index in [4.69, 9.17) is 0 Å². The number of aryl methyl sites for hydroxylation is 2. The van der Waals surface area contributed by atoms with Crippen LogP contribution in [-0.4, -0.2) is 27.9 Å². The first-order valence-corrected chi connectivity index (χ1v) is 8.96. The zero-order valence-electron chi connectivity index (χ0n) is 14.1. The molecule has 1 aliphatic heterocycles. The van der Waals surface area contributed by atoms with Gasteiger partial charge in [0.2, 0.25) is 0 Å². The third-order valence-corrected chi connectivity index (χ3v) is 5.36. The van der Waals surface area contributed by atoms with Crippen molar-refractivity contribution in [3.8, 4) is 0 Å². The van der Waals surface area contributed by atoms with Crippen LogP contribution < -0.4 is 10.5 Å². The summed E-state index contributed by atoms with van der Waals surface area (Å²) in [7, 11) is 0. The Morgan fingerprint density at radius 2 is 2.00 bits per heavy atom. The number of hydrogen-bond donors (Lipinski definition) is 0. The van der Waals surface area contributed by atoms with Gasteiger partial charge in [-0.05, 0) is 36.3 Å². The molecule has 1 fully saturated rings. The van der Waals surface area contributed by atoms with Crippen molar-refractivity contribution in [1.82, 2.24) is 14.8 Å². The average Bonchev–Trinajstić information content (AvgIpc) is 3.04. The van der Waals surface area contributed by atoms with Crippen LogP contribution in [0.3, 0.4) is 0 Å². The molecule has 5 heteroatoms. The molecule has 2 aromatic heterocycles. The van der Waals surface area contributed by atoms with Gasteiger partial charge >= 0.3 is 0 Å². The molecular formula is C20H20N4O. The summed E-state index contributed by atoms with van der Waals surface area (Å²) >= 11 is 0. The summed E-state index contributed by atoms with van der Waals surface area (Å²) in [5.74, 6) is 1.49. The molecule has 2 aliphatic rings. The molecule has 5 nitrogen and oxygen atoms in total. The van der Waals surface area contributed by atoms with E-state index in [-0.39, 0.29) is 5.56 Å². The Balaban J connectivity index is 1.33. The first-order valence-electron chi connectivity index (χ1n) is 8.96. The predicted octanol–water partition coefficient (Wildman–Crippen LogP) is 2.42. The minimum absolute atomic E-state index is 0.0439. The number of anilines is 1. The summed E-state index contributed by atoms with van der Waals surface area (Å²) in [5.41, 5.74) is 2.31. The first kappa shape index (κ1) is 14.6. The Bertz CT molecular complexity index is 999. The number of aromatic nitrogens is 3. The van der Waals surface area contributed by atoms with Gasteiger partial charge in [0.05, 0.1) is 12.2 Å². The Hall–Kier alpha value is -2.69. The van der Waals surface area contributed by atoms with Crippen LogP contribution in [-0.2, 0) is 19.4 Å². The fourth-order valence-electron chi connectivity index (χ4n) is 4.03. The molecule has 0 bridgehead atoms. The molecule has 0 N–H and O–H groups in total. The molecule has 25 heavy (non-hydrogen) atoms. The number of benzene rings is 1. The maximum atomic E-state index is 12.3. The molecule has 0 unspecified atom stereocenters. The quantitative estimate of drug-likeness (QED) is 0.739. The molecule has 0 radical (unpaired) electrons. The van der Waals surface area contributed by atoms with Crippen molar-refractivity contribution in [1.29, 1.82) is 0 Å². The fourth-order valence-corrected chi connectivity index (χ4v) is 4.03. The van der Waals surface area contributed by atoms with Crippen LogP contribution in [0.15, 0.2) is 47.4 Å². The van der Waals surface area contributed by atoms with Crippen molar-refractivity contribution in [3.05, 3.63) is 64.2 Å². The fraction of sp³-hybridized carbons (Fsp3) is 0.350. The van der Waals surface area contributed by atoms with Gasteiger partial charge in [-0.2, -0.15) is 5.10 Å². The van der Waals surface area contributed by atoms with Crippen molar-refractivity contribution in [2.45, 2.75) is 25.8 Å². The maximum Gasteiger partial charge on any atom is 0.267 e. The van der Waals surface area contributed by atoms with E-state index < -0.39 is 0 Å². The number of nitrogens with zero attached hydrogens (tertiary/aromatic N) is 4. The SMILES string of the molecule is O=c1cc2c(nn1CC1CN(c3nccc4ccccc34)C1)CCC2. The van der Waals surface area contributed by atoms with Gasteiger partial charge in [-0.1, -0.05) is 24.3 Å². The smallest absolute Gasteiger partial charge is 0.267 e. The van der Waals surface area contributed by atoms with Crippen molar-refractivity contribution in [2.24, 2.45) is 5.92 Å². The lowest BCUT2D eigenvalue weighted by molar-refractivity contribution is 0.332. The van der Waals surface area contributed by atoms with Gasteiger partial charge in [0.1, 0.15) is 5.82 Å². The van der Waals surface area contributed by atoms with Crippen molar-refractivity contribution in [3.63, 3.8) is 0 Å². The van der Waals surface area contributed by atoms with Gasteiger partial charge in [-0.25, -0.2) is 9.67 Å². The Morgan fingerprint density at radius 3 is 2.92 bits per heavy atom. The molecule has 0 saturated carbocycles. The van der Waals surface area contributed by atoms with Crippen molar-refractivity contribution in [2.75, 3.05) is 18.0 Å². The minimum atomic E-state index is 0.0439. The molecule has 1 saturated heterocycles. The first-order chi connectivity index (χ1) is 12.3. The summed E-state index contributed by atoms with van der Waals surface area (Å²) in [6.45, 7) is 2.55. The Labute approximate surface area is 145 Å². The number of pyridine rings is 1. The van der Waals surface area contributed by atoms with Gasteiger partial charge in [-0.3, -0.25) is 4.79 Å². The number of fused-ring (bicyclic) bond motifs is 2. The predicted molar refractivity (Wildman–Crippen MR) is 98.0 cm³/mol. The van der Waals surface area contributed by atoms with E-state index in [1.807, 2.05) is 12.3 Å². The van der Waals surface area contributed by atoms with Gasteiger partial charge in [-0.15, -0.1) is 0 Å². The molecular weight excluding hydrogens is 312 g/mol. The zero-order valence-corrected chi connectivity index (χ0v) is 14.1.